The second-order valence-corrected chi connectivity index (χ2v) is 6.19. The van der Waals surface area contributed by atoms with Crippen LogP contribution in [0.5, 0.6) is 0 Å². The summed E-state index contributed by atoms with van der Waals surface area (Å²) in [6.45, 7) is 0.864. The largest absolute Gasteiger partial charge is 0.453 e. The number of ether oxygens (including phenoxy) is 1. The fourth-order valence-corrected chi connectivity index (χ4v) is 2.87. The van der Waals surface area contributed by atoms with Crippen LogP contribution in [0, 0.1) is 0 Å². The summed E-state index contributed by atoms with van der Waals surface area (Å²) < 4.78 is 5.09. The van der Waals surface area contributed by atoms with Crippen LogP contribution in [0.3, 0.4) is 0 Å². The van der Waals surface area contributed by atoms with Crippen LogP contribution in [0.1, 0.15) is 38.0 Å². The lowest BCUT2D eigenvalue weighted by atomic mass is 10.1. The van der Waals surface area contributed by atoms with Crippen molar-refractivity contribution >= 4 is 35.2 Å². The van der Waals surface area contributed by atoms with E-state index in [1.807, 2.05) is 0 Å². The van der Waals surface area contributed by atoms with Gasteiger partial charge in [0.1, 0.15) is 6.54 Å². The number of rotatable bonds is 5. The van der Waals surface area contributed by atoms with E-state index >= 15 is 0 Å². The average molecular weight is 372 g/mol. The molecule has 0 saturated carbocycles. The molecule has 1 aliphatic heterocycles. The fourth-order valence-electron chi connectivity index (χ4n) is 2.68. The van der Waals surface area contributed by atoms with Gasteiger partial charge in [0, 0.05) is 10.6 Å². The molecule has 132 valence electrons. The zero-order valence-corrected chi connectivity index (χ0v) is 14.5. The Morgan fingerprint density at radius 1 is 1.04 bits per heavy atom. The molecule has 0 radical (unpaired) electrons. The van der Waals surface area contributed by atoms with Crippen molar-refractivity contribution in [1.29, 1.82) is 0 Å². The van der Waals surface area contributed by atoms with Crippen LogP contribution in [0.25, 0.3) is 0 Å². The lowest BCUT2D eigenvalue weighted by Crippen LogP contribution is -2.37. The molecular weight excluding hydrogens is 358 g/mol. The second kappa shape index (κ2) is 7.09. The van der Waals surface area contributed by atoms with Gasteiger partial charge < -0.3 is 4.74 Å². The van der Waals surface area contributed by atoms with E-state index in [0.717, 1.165) is 4.90 Å². The van der Waals surface area contributed by atoms with E-state index in [1.165, 1.54) is 25.1 Å². The number of hydrogen-bond donors (Lipinski definition) is 0. The number of esters is 1. The standard InChI is InChI=1S/C19H14ClNO5/c1-11(17(23)12-5-4-6-13(20)9-12)26-16(22)10-21-18(24)14-7-2-3-8-15(14)19(21)25/h2-9,11H,10H2,1H3. The van der Waals surface area contributed by atoms with Crippen molar-refractivity contribution in [3.8, 4) is 0 Å². The fraction of sp³-hybridized carbons (Fsp3) is 0.158. The van der Waals surface area contributed by atoms with Crippen LogP contribution >= 0.6 is 11.6 Å². The number of benzene rings is 2. The second-order valence-electron chi connectivity index (χ2n) is 5.75. The van der Waals surface area contributed by atoms with Crippen molar-refractivity contribution in [3.05, 3.63) is 70.2 Å². The average Bonchev–Trinajstić information content (AvgIpc) is 2.86. The van der Waals surface area contributed by atoms with Gasteiger partial charge in [0.15, 0.2) is 6.10 Å². The van der Waals surface area contributed by atoms with Crippen LogP contribution in [0.2, 0.25) is 5.02 Å². The number of amides is 2. The molecule has 0 bridgehead atoms. The zero-order valence-electron chi connectivity index (χ0n) is 13.8. The first-order chi connectivity index (χ1) is 12.4. The van der Waals surface area contributed by atoms with Crippen LogP contribution < -0.4 is 0 Å². The first-order valence-corrected chi connectivity index (χ1v) is 8.21. The molecule has 1 unspecified atom stereocenters. The molecule has 26 heavy (non-hydrogen) atoms. The highest BCUT2D eigenvalue weighted by atomic mass is 35.5. The number of ketones is 1. The van der Waals surface area contributed by atoms with Crippen molar-refractivity contribution in [2.75, 3.05) is 6.54 Å². The Morgan fingerprint density at radius 3 is 2.23 bits per heavy atom. The van der Waals surface area contributed by atoms with Crippen molar-refractivity contribution in [1.82, 2.24) is 4.90 Å². The molecule has 0 N–H and O–H groups in total. The lowest BCUT2D eigenvalue weighted by Gasteiger charge is -2.16. The van der Waals surface area contributed by atoms with E-state index in [4.69, 9.17) is 16.3 Å². The minimum absolute atomic E-state index is 0.244. The number of nitrogens with zero attached hydrogens (tertiary/aromatic N) is 1. The van der Waals surface area contributed by atoms with Gasteiger partial charge in [0.05, 0.1) is 11.1 Å². The molecule has 7 heteroatoms. The summed E-state index contributed by atoms with van der Waals surface area (Å²) >= 11 is 5.85. The quantitative estimate of drug-likeness (QED) is 0.458. The summed E-state index contributed by atoms with van der Waals surface area (Å²) in [5.74, 6) is -2.39. The highest BCUT2D eigenvalue weighted by molar-refractivity contribution is 6.31. The molecule has 0 fully saturated rings. The van der Waals surface area contributed by atoms with E-state index in [1.54, 1.807) is 30.3 Å². The van der Waals surface area contributed by atoms with Gasteiger partial charge in [-0.15, -0.1) is 0 Å². The number of carbonyl (C=O) groups is 4. The van der Waals surface area contributed by atoms with Gasteiger partial charge in [0.25, 0.3) is 11.8 Å². The molecule has 6 nitrogen and oxygen atoms in total. The molecule has 2 amide bonds. The first-order valence-electron chi connectivity index (χ1n) is 7.83. The Balaban J connectivity index is 1.65. The van der Waals surface area contributed by atoms with Crippen molar-refractivity contribution in [2.24, 2.45) is 0 Å². The maximum absolute atomic E-state index is 12.3. The first kappa shape index (κ1) is 17.8. The minimum Gasteiger partial charge on any atom is -0.453 e. The number of carbonyl (C=O) groups excluding carboxylic acids is 4. The maximum atomic E-state index is 12.3. The van der Waals surface area contributed by atoms with Gasteiger partial charge in [-0.05, 0) is 31.2 Å². The summed E-state index contributed by atoms with van der Waals surface area (Å²) in [6, 6.07) is 12.6. The highest BCUT2D eigenvalue weighted by Crippen LogP contribution is 2.22. The lowest BCUT2D eigenvalue weighted by molar-refractivity contribution is -0.146. The molecule has 0 aromatic heterocycles. The van der Waals surface area contributed by atoms with E-state index in [0.29, 0.717) is 10.6 Å². The van der Waals surface area contributed by atoms with Gasteiger partial charge in [0.2, 0.25) is 5.78 Å². The number of fused-ring (bicyclic) bond motifs is 1. The highest BCUT2D eigenvalue weighted by Gasteiger charge is 2.37. The number of imide groups is 1. The summed E-state index contributed by atoms with van der Waals surface area (Å²) in [5, 5.41) is 0.389. The Hall–Kier alpha value is -2.99. The molecule has 1 aliphatic rings. The Labute approximate surface area is 154 Å². The molecule has 2 aromatic carbocycles. The van der Waals surface area contributed by atoms with Crippen molar-refractivity contribution in [3.63, 3.8) is 0 Å². The van der Waals surface area contributed by atoms with Gasteiger partial charge in [-0.2, -0.15) is 0 Å². The summed E-state index contributed by atoms with van der Waals surface area (Å²) in [7, 11) is 0. The monoisotopic (exact) mass is 371 g/mol. The predicted octanol–water partition coefficient (Wildman–Crippen LogP) is 2.75. The normalized spacial score (nSPS) is 14.2. The van der Waals surface area contributed by atoms with Crippen molar-refractivity contribution < 1.29 is 23.9 Å². The maximum Gasteiger partial charge on any atom is 0.326 e. The van der Waals surface area contributed by atoms with Gasteiger partial charge >= 0.3 is 5.97 Å². The van der Waals surface area contributed by atoms with E-state index in [9.17, 15) is 19.2 Å². The van der Waals surface area contributed by atoms with E-state index in [-0.39, 0.29) is 11.1 Å². The molecule has 2 aromatic rings. The number of Topliss-reactive ketones (excluding diaryl/α,β-unsaturated/α-hetero) is 1. The van der Waals surface area contributed by atoms with Crippen LogP contribution in [-0.2, 0) is 9.53 Å². The van der Waals surface area contributed by atoms with Gasteiger partial charge in [-0.3, -0.25) is 24.1 Å². The molecular formula is C19H14ClNO5. The zero-order chi connectivity index (χ0) is 18.8. The molecule has 0 aliphatic carbocycles. The Kier molecular flexibility index (Phi) is 4.86. The van der Waals surface area contributed by atoms with E-state index in [2.05, 4.69) is 0 Å². The minimum atomic E-state index is -1.07. The molecule has 3 rings (SSSR count). The number of halogens is 1. The van der Waals surface area contributed by atoms with Gasteiger partial charge in [-0.25, -0.2) is 0 Å². The van der Waals surface area contributed by atoms with E-state index < -0.39 is 36.2 Å². The number of hydrogen-bond acceptors (Lipinski definition) is 5. The van der Waals surface area contributed by atoms with Gasteiger partial charge in [-0.1, -0.05) is 35.9 Å². The third kappa shape index (κ3) is 3.36. The summed E-state index contributed by atoms with van der Waals surface area (Å²) in [5.41, 5.74) is 0.792. The van der Waals surface area contributed by atoms with Crippen LogP contribution in [0.4, 0.5) is 0 Å². The summed E-state index contributed by atoms with van der Waals surface area (Å²) in [6.07, 6.45) is -1.07. The van der Waals surface area contributed by atoms with Crippen LogP contribution in [0.15, 0.2) is 48.5 Å². The third-order valence-corrected chi connectivity index (χ3v) is 4.19. The SMILES string of the molecule is CC(OC(=O)CN1C(=O)c2ccccc2C1=O)C(=O)c1cccc(Cl)c1. The topological polar surface area (TPSA) is 80.8 Å². The molecule has 0 spiro atoms. The Bertz CT molecular complexity index is 889. The third-order valence-electron chi connectivity index (χ3n) is 3.95. The van der Waals surface area contributed by atoms with Crippen LogP contribution in [-0.4, -0.2) is 41.1 Å². The smallest absolute Gasteiger partial charge is 0.326 e. The summed E-state index contributed by atoms with van der Waals surface area (Å²) in [4.78, 5) is 49.7. The Morgan fingerprint density at radius 2 is 1.65 bits per heavy atom. The molecule has 0 saturated heterocycles. The molecule has 1 atom stereocenters. The predicted molar refractivity (Wildman–Crippen MR) is 93.1 cm³/mol. The van der Waals surface area contributed by atoms with Crippen molar-refractivity contribution in [2.45, 2.75) is 13.0 Å². The molecule has 1 heterocycles.